The summed E-state index contributed by atoms with van der Waals surface area (Å²) < 4.78 is 0.906. The van der Waals surface area contributed by atoms with Gasteiger partial charge in [-0.25, -0.2) is 0 Å². The average Bonchev–Trinajstić information content (AvgIpc) is 2.91. The second-order valence-corrected chi connectivity index (χ2v) is 7.78. The van der Waals surface area contributed by atoms with Crippen molar-refractivity contribution in [1.29, 1.82) is 0 Å². The molecule has 3 rings (SSSR count). The first kappa shape index (κ1) is 19.3. The number of carbonyl (C=O) groups excluding carboxylic acids is 2. The number of aliphatic hydroxyl groups is 1. The summed E-state index contributed by atoms with van der Waals surface area (Å²) in [7, 11) is 3.99. The molecule has 0 spiro atoms. The largest absolute Gasteiger partial charge is 0.507 e. The fourth-order valence-electron chi connectivity index (χ4n) is 3.20. The van der Waals surface area contributed by atoms with E-state index in [0.717, 1.165) is 10.0 Å². The molecule has 0 unspecified atom stereocenters. The average molecular weight is 430 g/mol. The maximum absolute atomic E-state index is 12.8. The van der Waals surface area contributed by atoms with Gasteiger partial charge in [-0.3, -0.25) is 9.59 Å². The minimum absolute atomic E-state index is 0.137. The number of hydrogen-bond acceptors (Lipinski definition) is 3. The second-order valence-electron chi connectivity index (χ2n) is 6.87. The van der Waals surface area contributed by atoms with Gasteiger partial charge in [-0.15, -0.1) is 0 Å². The number of Topliss-reactive ketones (excluding diaryl/α,β-unsaturated/α-hetero) is 1. The molecule has 1 fully saturated rings. The van der Waals surface area contributed by atoms with Crippen LogP contribution in [0.25, 0.3) is 5.76 Å². The fraction of sp³-hybridized carbons (Fsp3) is 0.238. The number of rotatable bonds is 5. The van der Waals surface area contributed by atoms with E-state index >= 15 is 0 Å². The summed E-state index contributed by atoms with van der Waals surface area (Å²) in [5, 5.41) is 10.9. The van der Waals surface area contributed by atoms with E-state index in [9.17, 15) is 14.7 Å². The molecule has 5 nitrogen and oxygen atoms in total. The molecule has 2 aromatic rings. The van der Waals surface area contributed by atoms with Gasteiger partial charge in [0, 0.05) is 10.0 Å². The molecule has 27 heavy (non-hydrogen) atoms. The lowest BCUT2D eigenvalue weighted by Gasteiger charge is -2.25. The van der Waals surface area contributed by atoms with E-state index in [1.807, 2.05) is 44.4 Å². The zero-order chi connectivity index (χ0) is 19.6. The molecule has 0 saturated carbocycles. The monoisotopic (exact) mass is 429 g/mol. The highest BCUT2D eigenvalue weighted by Crippen LogP contribution is 2.39. The van der Waals surface area contributed by atoms with Crippen LogP contribution in [0, 0.1) is 0 Å². The maximum atomic E-state index is 12.8. The number of halogens is 1. The number of amides is 1. The van der Waals surface area contributed by atoms with Crippen LogP contribution in [0.15, 0.2) is 64.6 Å². The molecule has 1 saturated heterocycles. The number of quaternary nitrogens is 1. The molecule has 1 amide bonds. The first-order valence-corrected chi connectivity index (χ1v) is 9.57. The Morgan fingerprint density at radius 3 is 2.30 bits per heavy atom. The summed E-state index contributed by atoms with van der Waals surface area (Å²) >= 11 is 3.41. The Hall–Kier alpha value is -2.44. The molecule has 1 aliphatic rings. The highest BCUT2D eigenvalue weighted by atomic mass is 79.9. The highest BCUT2D eigenvalue weighted by molar-refractivity contribution is 9.10. The molecule has 140 valence electrons. The number of nitrogens with one attached hydrogen (secondary N) is 1. The summed E-state index contributed by atoms with van der Waals surface area (Å²) in [6.07, 6.45) is 0. The third-order valence-corrected chi connectivity index (χ3v) is 5.15. The van der Waals surface area contributed by atoms with Crippen LogP contribution in [0.4, 0.5) is 0 Å². The van der Waals surface area contributed by atoms with Gasteiger partial charge in [-0.2, -0.15) is 0 Å². The number of nitrogens with zero attached hydrogens (tertiary/aromatic N) is 1. The van der Waals surface area contributed by atoms with Crippen molar-refractivity contribution in [2.24, 2.45) is 0 Å². The van der Waals surface area contributed by atoms with E-state index in [0.29, 0.717) is 18.7 Å². The molecular formula is C21H22BrN2O3+. The molecule has 0 aromatic heterocycles. The van der Waals surface area contributed by atoms with E-state index in [1.165, 1.54) is 4.90 Å². The molecule has 2 aromatic carbocycles. The summed E-state index contributed by atoms with van der Waals surface area (Å²) in [5.74, 6) is -1.35. The standard InChI is InChI=1S/C21H21BrN2O3/c1-23(2)12-13-24-18(14-8-10-16(22)11-9-14)17(20(26)21(24)27)19(25)15-6-4-3-5-7-15/h3-11,18,25H,12-13H2,1-2H3/p+1/t18-/m1/s1. The van der Waals surface area contributed by atoms with Crippen molar-refractivity contribution in [2.75, 3.05) is 27.2 Å². The number of ketones is 1. The van der Waals surface area contributed by atoms with E-state index in [1.54, 1.807) is 29.2 Å². The molecule has 1 atom stereocenters. The molecule has 0 aliphatic carbocycles. The van der Waals surface area contributed by atoms with E-state index in [-0.39, 0.29) is 11.3 Å². The van der Waals surface area contributed by atoms with Gasteiger partial charge >= 0.3 is 0 Å². The van der Waals surface area contributed by atoms with Gasteiger partial charge in [-0.1, -0.05) is 58.4 Å². The summed E-state index contributed by atoms with van der Waals surface area (Å²) in [5.41, 5.74) is 1.46. The van der Waals surface area contributed by atoms with Gasteiger partial charge in [0.2, 0.25) is 0 Å². The topological polar surface area (TPSA) is 62.0 Å². The Morgan fingerprint density at radius 1 is 1.07 bits per heavy atom. The lowest BCUT2D eigenvalue weighted by atomic mass is 9.95. The van der Waals surface area contributed by atoms with Crippen molar-refractivity contribution in [3.8, 4) is 0 Å². The highest BCUT2D eigenvalue weighted by Gasteiger charge is 2.46. The van der Waals surface area contributed by atoms with E-state index in [2.05, 4.69) is 15.9 Å². The van der Waals surface area contributed by atoms with Crippen LogP contribution >= 0.6 is 15.9 Å². The first-order chi connectivity index (χ1) is 12.9. The molecule has 2 N–H and O–H groups in total. The maximum Gasteiger partial charge on any atom is 0.295 e. The van der Waals surface area contributed by atoms with Crippen LogP contribution < -0.4 is 4.90 Å². The van der Waals surface area contributed by atoms with Crippen LogP contribution in [0.1, 0.15) is 17.2 Å². The summed E-state index contributed by atoms with van der Waals surface area (Å²) in [4.78, 5) is 28.3. The Labute approximate surface area is 167 Å². The number of hydrogen-bond donors (Lipinski definition) is 2. The zero-order valence-electron chi connectivity index (χ0n) is 15.3. The van der Waals surface area contributed by atoms with Gasteiger partial charge < -0.3 is 14.9 Å². The number of aliphatic hydroxyl groups excluding tert-OH is 1. The molecule has 1 heterocycles. The fourth-order valence-corrected chi connectivity index (χ4v) is 3.46. The van der Waals surface area contributed by atoms with Crippen LogP contribution in [0.5, 0.6) is 0 Å². The number of likely N-dealkylation sites (tertiary alicyclic amines) is 1. The minimum Gasteiger partial charge on any atom is -0.507 e. The summed E-state index contributed by atoms with van der Waals surface area (Å²) in [6, 6.07) is 15.7. The Balaban J connectivity index is 2.13. The van der Waals surface area contributed by atoms with Crippen molar-refractivity contribution in [3.63, 3.8) is 0 Å². The van der Waals surface area contributed by atoms with Gasteiger partial charge in [0.25, 0.3) is 11.7 Å². The predicted octanol–water partition coefficient (Wildman–Crippen LogP) is 2.02. The Kier molecular flexibility index (Phi) is 5.77. The molecule has 0 bridgehead atoms. The van der Waals surface area contributed by atoms with Gasteiger partial charge in [0.05, 0.1) is 38.8 Å². The van der Waals surface area contributed by atoms with Gasteiger partial charge in [0.15, 0.2) is 0 Å². The number of benzene rings is 2. The molecule has 0 radical (unpaired) electrons. The third-order valence-electron chi connectivity index (χ3n) is 4.63. The Morgan fingerprint density at radius 2 is 1.70 bits per heavy atom. The van der Waals surface area contributed by atoms with Crippen molar-refractivity contribution in [2.45, 2.75) is 6.04 Å². The van der Waals surface area contributed by atoms with E-state index in [4.69, 9.17) is 0 Å². The lowest BCUT2D eigenvalue weighted by molar-refractivity contribution is -0.857. The van der Waals surface area contributed by atoms with Crippen molar-refractivity contribution in [1.82, 2.24) is 4.90 Å². The number of likely N-dealkylation sites (N-methyl/N-ethyl adjacent to an activating group) is 1. The second kappa shape index (κ2) is 8.06. The smallest absolute Gasteiger partial charge is 0.295 e. The van der Waals surface area contributed by atoms with Crippen LogP contribution in [-0.4, -0.2) is 48.9 Å². The minimum atomic E-state index is -0.641. The molecule has 1 aliphatic heterocycles. The zero-order valence-corrected chi connectivity index (χ0v) is 16.9. The van der Waals surface area contributed by atoms with Crippen molar-refractivity contribution >= 4 is 33.4 Å². The van der Waals surface area contributed by atoms with Crippen LogP contribution in [0.3, 0.4) is 0 Å². The summed E-state index contributed by atoms with van der Waals surface area (Å²) in [6.45, 7) is 1.13. The Bertz CT molecular complexity index is 876. The molecule has 6 heteroatoms. The van der Waals surface area contributed by atoms with Crippen molar-refractivity contribution in [3.05, 3.63) is 75.8 Å². The van der Waals surface area contributed by atoms with Gasteiger partial charge in [0.1, 0.15) is 5.76 Å². The van der Waals surface area contributed by atoms with E-state index < -0.39 is 17.7 Å². The quantitative estimate of drug-likeness (QED) is 0.434. The number of carbonyl (C=O) groups is 2. The normalized spacial score (nSPS) is 19.1. The van der Waals surface area contributed by atoms with Crippen LogP contribution in [-0.2, 0) is 9.59 Å². The lowest BCUT2D eigenvalue weighted by Crippen LogP contribution is -3.06. The molecular weight excluding hydrogens is 408 g/mol. The van der Waals surface area contributed by atoms with Gasteiger partial charge in [-0.05, 0) is 17.7 Å². The van der Waals surface area contributed by atoms with Crippen molar-refractivity contribution < 1.29 is 19.6 Å². The first-order valence-electron chi connectivity index (χ1n) is 8.78. The predicted molar refractivity (Wildman–Crippen MR) is 107 cm³/mol. The van der Waals surface area contributed by atoms with Crippen LogP contribution in [0.2, 0.25) is 0 Å². The third kappa shape index (κ3) is 3.96. The SMILES string of the molecule is C[NH+](C)CCN1C(=O)C(=O)C(=C(O)c2ccccc2)[C@H]1c1ccc(Br)cc1.